The summed E-state index contributed by atoms with van der Waals surface area (Å²) < 4.78 is 33.6. The molecule has 0 spiro atoms. The Labute approximate surface area is 172 Å². The number of H-pyrrole nitrogens is 1. The highest BCUT2D eigenvalue weighted by Crippen LogP contribution is 2.24. The van der Waals surface area contributed by atoms with Gasteiger partial charge in [-0.1, -0.05) is 19.9 Å². The van der Waals surface area contributed by atoms with E-state index >= 15 is 0 Å². The second-order valence-corrected chi connectivity index (χ2v) is 7.47. The molecule has 0 fully saturated rings. The first-order chi connectivity index (χ1) is 14.1. The zero-order valence-electron chi connectivity index (χ0n) is 17.3. The van der Waals surface area contributed by atoms with Crippen molar-refractivity contribution in [1.82, 2.24) is 9.55 Å². The Morgan fingerprint density at radius 1 is 1.30 bits per heavy atom. The first-order valence-electron chi connectivity index (χ1n) is 9.65. The number of anilines is 2. The van der Waals surface area contributed by atoms with Gasteiger partial charge in [0.05, 0.1) is 6.10 Å². The third kappa shape index (κ3) is 5.67. The summed E-state index contributed by atoms with van der Waals surface area (Å²) in [5.41, 5.74) is 4.73. The Morgan fingerprint density at radius 2 is 2.00 bits per heavy atom. The number of nitrogen functional groups attached to an aromatic ring is 1. The number of aliphatic hydroxyl groups excluding tert-OH is 1. The van der Waals surface area contributed by atoms with Crippen molar-refractivity contribution in [2.24, 2.45) is 5.92 Å². The summed E-state index contributed by atoms with van der Waals surface area (Å²) >= 11 is 0. The predicted octanol–water partition coefficient (Wildman–Crippen LogP) is 1.63. The van der Waals surface area contributed by atoms with Crippen molar-refractivity contribution in [2.45, 2.75) is 32.9 Å². The van der Waals surface area contributed by atoms with Gasteiger partial charge in [0.15, 0.2) is 0 Å². The summed E-state index contributed by atoms with van der Waals surface area (Å²) in [4.78, 5) is 28.5. The Kier molecular flexibility index (Phi) is 8.13. The van der Waals surface area contributed by atoms with E-state index in [1.54, 1.807) is 0 Å². The molecule has 166 valence electrons. The Bertz CT molecular complexity index is 974. The van der Waals surface area contributed by atoms with Crippen molar-refractivity contribution in [3.05, 3.63) is 56.2 Å². The van der Waals surface area contributed by atoms with Crippen LogP contribution in [0.1, 0.15) is 31.9 Å². The molecule has 0 saturated heterocycles. The van der Waals surface area contributed by atoms with Gasteiger partial charge in [-0.3, -0.25) is 14.3 Å². The third-order valence-corrected chi connectivity index (χ3v) is 4.57. The number of rotatable bonds is 10. The minimum Gasteiger partial charge on any atom is -0.386 e. The maximum atomic E-state index is 14.1. The molecule has 8 nitrogen and oxygen atoms in total. The highest BCUT2D eigenvalue weighted by molar-refractivity contribution is 5.62. The van der Waals surface area contributed by atoms with Crippen LogP contribution >= 0.6 is 0 Å². The Hall–Kier alpha value is -2.72. The number of nitrogens with one attached hydrogen (secondary N) is 1. The van der Waals surface area contributed by atoms with E-state index in [-0.39, 0.29) is 42.6 Å². The van der Waals surface area contributed by atoms with Crippen molar-refractivity contribution in [3.8, 4) is 0 Å². The maximum Gasteiger partial charge on any atom is 0.330 e. The van der Waals surface area contributed by atoms with Crippen LogP contribution in [0.5, 0.6) is 0 Å². The lowest BCUT2D eigenvalue weighted by molar-refractivity contribution is 0.173. The molecule has 1 aromatic heterocycles. The highest BCUT2D eigenvalue weighted by Gasteiger charge is 2.23. The van der Waals surface area contributed by atoms with E-state index in [0.717, 1.165) is 12.1 Å². The third-order valence-electron chi connectivity index (χ3n) is 4.57. The number of methoxy groups -OCH3 is 1. The van der Waals surface area contributed by atoms with Gasteiger partial charge < -0.3 is 20.5 Å². The molecule has 1 aromatic carbocycles. The molecule has 10 heteroatoms. The largest absolute Gasteiger partial charge is 0.386 e. The monoisotopic (exact) mass is 426 g/mol. The molecule has 1 heterocycles. The average molecular weight is 426 g/mol. The molecule has 0 aliphatic rings. The van der Waals surface area contributed by atoms with Crippen molar-refractivity contribution in [2.75, 3.05) is 37.4 Å². The van der Waals surface area contributed by atoms with E-state index in [4.69, 9.17) is 10.5 Å². The fourth-order valence-corrected chi connectivity index (χ4v) is 3.20. The molecule has 2 rings (SSSR count). The second kappa shape index (κ2) is 10.4. The van der Waals surface area contributed by atoms with Gasteiger partial charge in [-0.2, -0.15) is 0 Å². The molecule has 30 heavy (non-hydrogen) atoms. The SMILES string of the molecule is COCCCN(CC(O)c1ccc(F)cc1F)c1c(N)n(CC(C)C)c(=O)[nH]c1=O. The van der Waals surface area contributed by atoms with Crippen LogP contribution in [-0.4, -0.2) is 41.5 Å². The summed E-state index contributed by atoms with van der Waals surface area (Å²) in [7, 11) is 1.52. The topological polar surface area (TPSA) is 114 Å². The van der Waals surface area contributed by atoms with Crippen LogP contribution in [0.25, 0.3) is 0 Å². The van der Waals surface area contributed by atoms with Gasteiger partial charge in [-0.05, 0) is 18.4 Å². The second-order valence-electron chi connectivity index (χ2n) is 7.47. The van der Waals surface area contributed by atoms with Crippen LogP contribution in [0, 0.1) is 17.6 Å². The number of nitrogens with two attached hydrogens (primary N) is 1. The van der Waals surface area contributed by atoms with Crippen molar-refractivity contribution in [1.29, 1.82) is 0 Å². The summed E-state index contributed by atoms with van der Waals surface area (Å²) in [5, 5.41) is 10.6. The van der Waals surface area contributed by atoms with Gasteiger partial charge in [-0.25, -0.2) is 13.6 Å². The Morgan fingerprint density at radius 3 is 2.60 bits per heavy atom. The average Bonchev–Trinajstić information content (AvgIpc) is 2.64. The number of hydrogen-bond acceptors (Lipinski definition) is 6. The van der Waals surface area contributed by atoms with E-state index in [0.29, 0.717) is 19.1 Å². The molecular weight excluding hydrogens is 398 g/mol. The van der Waals surface area contributed by atoms with Crippen molar-refractivity contribution >= 4 is 11.5 Å². The van der Waals surface area contributed by atoms with Gasteiger partial charge in [0.25, 0.3) is 5.56 Å². The molecule has 1 unspecified atom stereocenters. The molecule has 0 aliphatic carbocycles. The van der Waals surface area contributed by atoms with Gasteiger partial charge in [0.1, 0.15) is 23.1 Å². The predicted molar refractivity (Wildman–Crippen MR) is 111 cm³/mol. The van der Waals surface area contributed by atoms with Crippen LogP contribution in [0.15, 0.2) is 27.8 Å². The number of aromatic amines is 1. The quantitative estimate of drug-likeness (QED) is 0.498. The molecule has 0 aliphatic heterocycles. The van der Waals surface area contributed by atoms with E-state index in [1.165, 1.54) is 16.6 Å². The van der Waals surface area contributed by atoms with E-state index in [9.17, 15) is 23.5 Å². The zero-order chi connectivity index (χ0) is 22.4. The highest BCUT2D eigenvalue weighted by atomic mass is 19.1. The number of ether oxygens (including phenoxy) is 1. The molecule has 4 N–H and O–H groups in total. The maximum absolute atomic E-state index is 14.1. The molecule has 0 radical (unpaired) electrons. The van der Waals surface area contributed by atoms with Gasteiger partial charge in [0.2, 0.25) is 0 Å². The lowest BCUT2D eigenvalue weighted by Gasteiger charge is -2.28. The standard InChI is InChI=1S/C20H28F2N4O4/c1-12(2)10-26-18(23)17(19(28)24-20(26)29)25(7-4-8-30-3)11-16(27)14-6-5-13(21)9-15(14)22/h5-6,9,12,16,27H,4,7-8,10-11,23H2,1-3H3,(H,24,28,29). The lowest BCUT2D eigenvalue weighted by Crippen LogP contribution is -2.41. The van der Waals surface area contributed by atoms with Crippen LogP contribution in [-0.2, 0) is 11.3 Å². The van der Waals surface area contributed by atoms with Crippen LogP contribution in [0.3, 0.4) is 0 Å². The molecule has 0 bridgehead atoms. The summed E-state index contributed by atoms with van der Waals surface area (Å²) in [6.07, 6.45) is -0.880. The van der Waals surface area contributed by atoms with Crippen molar-refractivity contribution in [3.63, 3.8) is 0 Å². The summed E-state index contributed by atoms with van der Waals surface area (Å²) in [6.45, 7) is 4.51. The first kappa shape index (κ1) is 23.6. The van der Waals surface area contributed by atoms with Crippen LogP contribution in [0.2, 0.25) is 0 Å². The number of hydrogen-bond donors (Lipinski definition) is 3. The summed E-state index contributed by atoms with van der Waals surface area (Å²) in [5.74, 6) is -1.61. The van der Waals surface area contributed by atoms with Crippen LogP contribution in [0.4, 0.5) is 20.3 Å². The number of aliphatic hydroxyl groups is 1. The number of nitrogens with zero attached hydrogens (tertiary/aromatic N) is 2. The van der Waals surface area contributed by atoms with Gasteiger partial charge >= 0.3 is 5.69 Å². The molecule has 0 saturated carbocycles. The summed E-state index contributed by atoms with van der Waals surface area (Å²) in [6, 6.07) is 2.87. The molecule has 2 aromatic rings. The lowest BCUT2D eigenvalue weighted by atomic mass is 10.1. The molecular formula is C20H28F2N4O4. The first-order valence-corrected chi connectivity index (χ1v) is 9.65. The van der Waals surface area contributed by atoms with Gasteiger partial charge in [0, 0.05) is 45.0 Å². The normalized spacial score (nSPS) is 12.4. The van der Waals surface area contributed by atoms with Crippen LogP contribution < -0.4 is 21.9 Å². The number of aromatic nitrogens is 2. The zero-order valence-corrected chi connectivity index (χ0v) is 17.3. The molecule has 1 atom stereocenters. The number of benzene rings is 1. The smallest absolute Gasteiger partial charge is 0.330 e. The van der Waals surface area contributed by atoms with Crippen molar-refractivity contribution < 1.29 is 18.6 Å². The minimum absolute atomic E-state index is 0.00734. The van der Waals surface area contributed by atoms with E-state index in [1.807, 2.05) is 13.8 Å². The number of halogens is 2. The minimum atomic E-state index is -1.36. The van der Waals surface area contributed by atoms with Gasteiger partial charge in [-0.15, -0.1) is 0 Å². The fraction of sp³-hybridized carbons (Fsp3) is 0.500. The Balaban J connectivity index is 2.46. The van der Waals surface area contributed by atoms with E-state index in [2.05, 4.69) is 4.98 Å². The van der Waals surface area contributed by atoms with E-state index < -0.39 is 29.0 Å². The molecule has 0 amide bonds. The fourth-order valence-electron chi connectivity index (χ4n) is 3.20.